The largest absolute Gasteiger partial charge is 0.333 e. The lowest BCUT2D eigenvalue weighted by atomic mass is 10.1. The standard InChI is InChI=1S/C13H18N4O3S.ClH/c1-10-8-14-4-5-17(10)13(18)11-2-3-12-15-21(19,20)7-6-16(12)9-11;/h2-3,9-10,14H,4-8H2,1H3;1H/t10-;/m1./s1. The molecule has 0 spiro atoms. The van der Waals surface area contributed by atoms with E-state index in [1.165, 1.54) is 0 Å². The molecular weight excluding hydrogens is 328 g/mol. The molecule has 0 bridgehead atoms. The fourth-order valence-corrected chi connectivity index (χ4v) is 3.61. The van der Waals surface area contributed by atoms with Crippen molar-refractivity contribution >= 4 is 34.2 Å². The van der Waals surface area contributed by atoms with Gasteiger partial charge in [-0.2, -0.15) is 0 Å². The number of nitrogens with zero attached hydrogens (tertiary/aromatic N) is 3. The van der Waals surface area contributed by atoms with Gasteiger partial charge < -0.3 is 15.1 Å². The summed E-state index contributed by atoms with van der Waals surface area (Å²) < 4.78 is 26.6. The van der Waals surface area contributed by atoms with Gasteiger partial charge in [-0.25, -0.2) is 8.42 Å². The molecule has 0 radical (unpaired) electrons. The lowest BCUT2D eigenvalue weighted by Gasteiger charge is -2.35. The second-order valence-corrected chi connectivity index (χ2v) is 7.15. The Kier molecular flexibility index (Phi) is 4.93. The predicted molar refractivity (Wildman–Crippen MR) is 86.4 cm³/mol. The van der Waals surface area contributed by atoms with E-state index in [0.717, 1.165) is 13.1 Å². The number of fused-ring (bicyclic) bond motifs is 1. The number of hydrogen-bond acceptors (Lipinski definition) is 5. The average molecular weight is 347 g/mol. The van der Waals surface area contributed by atoms with Crippen LogP contribution in [0, 0.1) is 0 Å². The summed E-state index contributed by atoms with van der Waals surface area (Å²) >= 11 is 0. The summed E-state index contributed by atoms with van der Waals surface area (Å²) in [6.07, 6.45) is 4.94. The zero-order chi connectivity index (χ0) is 15.0. The number of halogens is 1. The maximum atomic E-state index is 12.6. The molecule has 0 unspecified atom stereocenters. The SMILES string of the molecule is C[C@@H]1CNCCN1C(=O)C1=CN2CCS(=O)(=O)N=C2C=C1.Cl. The van der Waals surface area contributed by atoms with Crippen LogP contribution in [-0.4, -0.2) is 67.9 Å². The zero-order valence-electron chi connectivity index (χ0n) is 12.2. The third kappa shape index (κ3) is 3.34. The number of amides is 1. The van der Waals surface area contributed by atoms with E-state index in [4.69, 9.17) is 0 Å². The molecule has 1 saturated heterocycles. The first-order chi connectivity index (χ1) is 9.96. The minimum atomic E-state index is -3.36. The first kappa shape index (κ1) is 17.0. The highest BCUT2D eigenvalue weighted by molar-refractivity contribution is 7.90. The molecule has 3 heterocycles. The number of sulfonamides is 1. The highest BCUT2D eigenvalue weighted by atomic mass is 35.5. The van der Waals surface area contributed by atoms with Crippen molar-refractivity contribution in [2.24, 2.45) is 4.40 Å². The first-order valence-electron chi connectivity index (χ1n) is 6.97. The fourth-order valence-electron chi connectivity index (χ4n) is 2.64. The molecular formula is C13H19ClN4O3S. The number of carbonyl (C=O) groups excluding carboxylic acids is 1. The Hall–Kier alpha value is -1.38. The number of hydrogen-bond donors (Lipinski definition) is 1. The summed E-state index contributed by atoms with van der Waals surface area (Å²) in [6, 6.07) is 0.150. The van der Waals surface area contributed by atoms with Gasteiger partial charge in [-0.05, 0) is 19.1 Å². The lowest BCUT2D eigenvalue weighted by molar-refractivity contribution is -0.129. The smallest absolute Gasteiger partial charge is 0.256 e. The monoisotopic (exact) mass is 346 g/mol. The van der Waals surface area contributed by atoms with Crippen LogP contribution in [0.3, 0.4) is 0 Å². The first-order valence-corrected chi connectivity index (χ1v) is 8.58. The van der Waals surface area contributed by atoms with E-state index in [0.29, 0.717) is 24.5 Å². The van der Waals surface area contributed by atoms with E-state index in [1.807, 2.05) is 11.8 Å². The highest BCUT2D eigenvalue weighted by Gasteiger charge is 2.29. The molecule has 0 aromatic rings. The van der Waals surface area contributed by atoms with Crippen molar-refractivity contribution in [3.05, 3.63) is 23.9 Å². The third-order valence-electron chi connectivity index (χ3n) is 3.83. The Morgan fingerprint density at radius 1 is 1.36 bits per heavy atom. The van der Waals surface area contributed by atoms with Crippen molar-refractivity contribution in [2.75, 3.05) is 31.9 Å². The predicted octanol–water partition coefficient (Wildman–Crippen LogP) is -0.274. The zero-order valence-corrected chi connectivity index (χ0v) is 13.9. The molecule has 22 heavy (non-hydrogen) atoms. The van der Waals surface area contributed by atoms with Crippen molar-refractivity contribution in [1.29, 1.82) is 0 Å². The van der Waals surface area contributed by atoms with Gasteiger partial charge >= 0.3 is 0 Å². The van der Waals surface area contributed by atoms with Crippen LogP contribution in [0.2, 0.25) is 0 Å². The maximum Gasteiger partial charge on any atom is 0.256 e. The molecule has 9 heteroatoms. The molecule has 122 valence electrons. The molecule has 7 nitrogen and oxygen atoms in total. The van der Waals surface area contributed by atoms with E-state index in [1.54, 1.807) is 23.3 Å². The van der Waals surface area contributed by atoms with Crippen LogP contribution in [0.1, 0.15) is 6.92 Å². The van der Waals surface area contributed by atoms with E-state index >= 15 is 0 Å². The fraction of sp³-hybridized carbons (Fsp3) is 0.538. The number of amidine groups is 1. The van der Waals surface area contributed by atoms with Crippen LogP contribution in [-0.2, 0) is 14.8 Å². The lowest BCUT2D eigenvalue weighted by Crippen LogP contribution is -2.52. The van der Waals surface area contributed by atoms with Gasteiger partial charge in [0.25, 0.3) is 15.9 Å². The van der Waals surface area contributed by atoms with Gasteiger partial charge in [0.2, 0.25) is 0 Å². The van der Waals surface area contributed by atoms with Crippen LogP contribution in [0.4, 0.5) is 0 Å². The van der Waals surface area contributed by atoms with Gasteiger partial charge in [-0.1, -0.05) is 0 Å². The molecule has 1 N–H and O–H groups in total. The minimum Gasteiger partial charge on any atom is -0.333 e. The second kappa shape index (κ2) is 6.39. The van der Waals surface area contributed by atoms with Gasteiger partial charge in [0.15, 0.2) is 0 Å². The summed E-state index contributed by atoms with van der Waals surface area (Å²) in [5.41, 5.74) is 0.571. The van der Waals surface area contributed by atoms with Crippen LogP contribution < -0.4 is 5.32 Å². The van der Waals surface area contributed by atoms with Crippen molar-refractivity contribution in [3.8, 4) is 0 Å². The Morgan fingerprint density at radius 2 is 2.14 bits per heavy atom. The van der Waals surface area contributed by atoms with Crippen LogP contribution in [0.25, 0.3) is 0 Å². The normalized spacial score (nSPS) is 26.5. The molecule has 1 atom stereocenters. The number of rotatable bonds is 1. The Morgan fingerprint density at radius 3 is 2.86 bits per heavy atom. The molecule has 0 aromatic heterocycles. The Labute approximate surface area is 136 Å². The van der Waals surface area contributed by atoms with Crippen LogP contribution in [0.15, 0.2) is 28.3 Å². The summed E-state index contributed by atoms with van der Waals surface area (Å²) in [5, 5.41) is 3.25. The van der Waals surface area contributed by atoms with Gasteiger partial charge in [-0.15, -0.1) is 16.8 Å². The molecule has 3 rings (SSSR count). The molecule has 3 aliphatic rings. The molecule has 0 aliphatic carbocycles. The van der Waals surface area contributed by atoms with Crippen molar-refractivity contribution in [1.82, 2.24) is 15.1 Å². The highest BCUT2D eigenvalue weighted by Crippen LogP contribution is 2.18. The van der Waals surface area contributed by atoms with Crippen LogP contribution >= 0.6 is 12.4 Å². The van der Waals surface area contributed by atoms with E-state index < -0.39 is 10.0 Å². The van der Waals surface area contributed by atoms with Crippen molar-refractivity contribution in [2.45, 2.75) is 13.0 Å². The summed E-state index contributed by atoms with van der Waals surface area (Å²) in [7, 11) is -3.36. The molecule has 3 aliphatic heterocycles. The summed E-state index contributed by atoms with van der Waals surface area (Å²) in [6.45, 7) is 4.61. The van der Waals surface area contributed by atoms with Gasteiger partial charge in [0.1, 0.15) is 5.84 Å². The van der Waals surface area contributed by atoms with Crippen molar-refractivity contribution < 1.29 is 13.2 Å². The van der Waals surface area contributed by atoms with Gasteiger partial charge in [0, 0.05) is 38.4 Å². The molecule has 1 fully saturated rings. The van der Waals surface area contributed by atoms with Crippen LogP contribution in [0.5, 0.6) is 0 Å². The Balaban J connectivity index is 0.00000176. The van der Waals surface area contributed by atoms with Gasteiger partial charge in [-0.3, -0.25) is 4.79 Å². The Bertz CT molecular complexity index is 656. The second-order valence-electron chi connectivity index (χ2n) is 5.40. The van der Waals surface area contributed by atoms with E-state index in [-0.39, 0.29) is 30.1 Å². The summed E-state index contributed by atoms with van der Waals surface area (Å²) in [4.78, 5) is 16.1. The number of piperazine rings is 1. The molecule has 0 aromatic carbocycles. The topological polar surface area (TPSA) is 82.1 Å². The minimum absolute atomic E-state index is 0. The van der Waals surface area contributed by atoms with E-state index in [9.17, 15) is 13.2 Å². The number of carbonyl (C=O) groups is 1. The average Bonchev–Trinajstić information content (AvgIpc) is 2.46. The summed E-state index contributed by atoms with van der Waals surface area (Å²) in [5.74, 6) is 0.339. The maximum absolute atomic E-state index is 12.6. The van der Waals surface area contributed by atoms with Gasteiger partial charge in [0.05, 0.1) is 11.3 Å². The quantitative estimate of drug-likeness (QED) is 0.706. The van der Waals surface area contributed by atoms with E-state index in [2.05, 4.69) is 9.71 Å². The number of nitrogens with one attached hydrogen (secondary N) is 1. The molecule has 0 saturated carbocycles. The molecule has 1 amide bonds. The third-order valence-corrected chi connectivity index (χ3v) is 5.00. The van der Waals surface area contributed by atoms with Crippen molar-refractivity contribution in [3.63, 3.8) is 0 Å².